The van der Waals surface area contributed by atoms with Gasteiger partial charge in [-0.3, -0.25) is 4.79 Å². The number of benzene rings is 1. The number of amides is 1. The molecule has 0 spiro atoms. The highest BCUT2D eigenvalue weighted by Gasteiger charge is 2.12. The fourth-order valence-electron chi connectivity index (χ4n) is 1.60. The summed E-state index contributed by atoms with van der Waals surface area (Å²) in [6, 6.07) is 3.12. The Hall–Kier alpha value is -2.48. The van der Waals surface area contributed by atoms with Crippen molar-refractivity contribution in [3.8, 4) is 5.75 Å². The van der Waals surface area contributed by atoms with Crippen LogP contribution in [0.5, 0.6) is 5.75 Å². The van der Waals surface area contributed by atoms with Crippen LogP contribution in [0.25, 0.3) is 0 Å². The van der Waals surface area contributed by atoms with Crippen molar-refractivity contribution < 1.29 is 24.2 Å². The van der Waals surface area contributed by atoms with Crippen molar-refractivity contribution in [2.45, 2.75) is 6.42 Å². The van der Waals surface area contributed by atoms with E-state index < -0.39 is 23.4 Å². The lowest BCUT2D eigenvalue weighted by Crippen LogP contribution is -2.25. The summed E-state index contributed by atoms with van der Waals surface area (Å²) in [5.74, 6) is -2.71. The van der Waals surface area contributed by atoms with Crippen LogP contribution in [-0.2, 0) is 6.42 Å². The number of nitrogens with zero attached hydrogens (tertiary/aromatic N) is 1. The van der Waals surface area contributed by atoms with Crippen LogP contribution in [0.1, 0.15) is 25.9 Å². The maximum atomic E-state index is 12.8. The fraction of sp³-hybridized carbons (Fsp3) is 0.154. The fourth-order valence-corrected chi connectivity index (χ4v) is 2.37. The lowest BCUT2D eigenvalue weighted by molar-refractivity contribution is 0.0690. The van der Waals surface area contributed by atoms with Crippen LogP contribution in [0, 0.1) is 5.82 Å². The van der Waals surface area contributed by atoms with Crippen molar-refractivity contribution >= 4 is 23.2 Å². The number of hydrogen-bond donors (Lipinski definition) is 3. The van der Waals surface area contributed by atoms with Gasteiger partial charge >= 0.3 is 5.97 Å². The molecule has 0 aliphatic heterocycles. The van der Waals surface area contributed by atoms with Crippen molar-refractivity contribution in [2.24, 2.45) is 0 Å². The number of aromatic hydroxyl groups is 1. The maximum Gasteiger partial charge on any atom is 0.355 e. The molecule has 110 valence electrons. The van der Waals surface area contributed by atoms with Gasteiger partial charge in [0, 0.05) is 24.4 Å². The molecule has 0 radical (unpaired) electrons. The number of phenols is 1. The van der Waals surface area contributed by atoms with E-state index >= 15 is 0 Å². The van der Waals surface area contributed by atoms with Gasteiger partial charge in [0.2, 0.25) is 0 Å². The highest BCUT2D eigenvalue weighted by molar-refractivity contribution is 7.09. The van der Waals surface area contributed by atoms with E-state index in [1.165, 1.54) is 22.8 Å². The molecule has 6 nitrogen and oxygen atoms in total. The summed E-state index contributed by atoms with van der Waals surface area (Å²) in [4.78, 5) is 26.3. The van der Waals surface area contributed by atoms with E-state index in [1.807, 2.05) is 0 Å². The van der Waals surface area contributed by atoms with E-state index in [1.54, 1.807) is 0 Å². The Bertz CT molecular complexity index is 687. The second-order valence-electron chi connectivity index (χ2n) is 4.10. The second-order valence-corrected chi connectivity index (χ2v) is 5.04. The van der Waals surface area contributed by atoms with Gasteiger partial charge in [-0.2, -0.15) is 0 Å². The lowest BCUT2D eigenvalue weighted by atomic mass is 10.2. The van der Waals surface area contributed by atoms with Gasteiger partial charge in [0.25, 0.3) is 5.91 Å². The molecular formula is C13H11FN2O4S. The smallest absolute Gasteiger partial charge is 0.355 e. The zero-order valence-electron chi connectivity index (χ0n) is 10.7. The van der Waals surface area contributed by atoms with E-state index in [-0.39, 0.29) is 17.8 Å². The van der Waals surface area contributed by atoms with E-state index in [9.17, 15) is 19.1 Å². The first-order valence-corrected chi connectivity index (χ1v) is 6.79. The quantitative estimate of drug-likeness (QED) is 0.780. The van der Waals surface area contributed by atoms with Crippen LogP contribution in [0.15, 0.2) is 23.6 Å². The normalized spacial score (nSPS) is 10.3. The Kier molecular flexibility index (Phi) is 4.49. The predicted octanol–water partition coefficient (Wildman–Crippen LogP) is 1.66. The van der Waals surface area contributed by atoms with Gasteiger partial charge in [-0.15, -0.1) is 11.3 Å². The molecule has 0 fully saturated rings. The third-order valence-corrected chi connectivity index (χ3v) is 3.51. The number of thiazole rings is 1. The number of carbonyl (C=O) groups is 2. The van der Waals surface area contributed by atoms with E-state index in [4.69, 9.17) is 5.11 Å². The minimum atomic E-state index is -1.10. The number of halogens is 1. The third-order valence-electron chi connectivity index (χ3n) is 2.60. The Morgan fingerprint density at radius 3 is 2.76 bits per heavy atom. The van der Waals surface area contributed by atoms with Crippen molar-refractivity contribution in [1.82, 2.24) is 10.3 Å². The molecule has 0 bridgehead atoms. The largest absolute Gasteiger partial charge is 0.507 e. The highest BCUT2D eigenvalue weighted by Crippen LogP contribution is 2.17. The molecule has 1 heterocycles. The Balaban J connectivity index is 1.90. The highest BCUT2D eigenvalue weighted by atomic mass is 32.1. The van der Waals surface area contributed by atoms with Gasteiger partial charge in [-0.1, -0.05) is 0 Å². The van der Waals surface area contributed by atoms with Crippen LogP contribution >= 0.6 is 11.3 Å². The standard InChI is InChI=1S/C13H11FN2O4S/c14-7-1-2-8(10(17)5-7)12(18)15-4-3-11-16-9(6-21-11)13(19)20/h1-2,5-6,17H,3-4H2,(H,15,18)(H,19,20). The maximum absolute atomic E-state index is 12.8. The van der Waals surface area contributed by atoms with Gasteiger partial charge in [-0.25, -0.2) is 14.2 Å². The van der Waals surface area contributed by atoms with E-state index in [0.717, 1.165) is 12.1 Å². The molecule has 0 saturated carbocycles. The average molecular weight is 310 g/mol. The number of phenolic OH excluding ortho intramolecular Hbond substituents is 1. The number of aromatic nitrogens is 1. The first-order chi connectivity index (χ1) is 9.97. The lowest BCUT2D eigenvalue weighted by Gasteiger charge is -2.05. The summed E-state index contributed by atoms with van der Waals surface area (Å²) in [6.07, 6.45) is 0.367. The van der Waals surface area contributed by atoms with Crippen molar-refractivity contribution in [3.05, 3.63) is 45.7 Å². The molecule has 1 aromatic carbocycles. The molecule has 1 aromatic heterocycles. The van der Waals surface area contributed by atoms with Crippen LogP contribution in [0.3, 0.4) is 0 Å². The summed E-state index contributed by atoms with van der Waals surface area (Å²) < 4.78 is 12.8. The third kappa shape index (κ3) is 3.76. The first kappa shape index (κ1) is 14.9. The summed E-state index contributed by atoms with van der Waals surface area (Å²) in [6.45, 7) is 0.224. The number of carboxylic acid groups (broad SMARTS) is 1. The number of aromatic carboxylic acids is 1. The zero-order chi connectivity index (χ0) is 15.4. The summed E-state index contributed by atoms with van der Waals surface area (Å²) in [7, 11) is 0. The molecular weight excluding hydrogens is 299 g/mol. The molecule has 1 amide bonds. The molecule has 0 saturated heterocycles. The van der Waals surface area contributed by atoms with E-state index in [0.29, 0.717) is 11.4 Å². The number of rotatable bonds is 5. The summed E-state index contributed by atoms with van der Waals surface area (Å²) in [5.41, 5.74) is -0.0562. The SMILES string of the molecule is O=C(O)c1csc(CCNC(=O)c2ccc(F)cc2O)n1. The summed E-state index contributed by atoms with van der Waals surface area (Å²) in [5, 5.41) is 22.7. The molecule has 0 unspecified atom stereocenters. The molecule has 8 heteroatoms. The van der Waals surface area contributed by atoms with Crippen LogP contribution < -0.4 is 5.32 Å². The Labute approximate surface area is 122 Å². The topological polar surface area (TPSA) is 99.5 Å². The van der Waals surface area contributed by atoms with Crippen LogP contribution in [0.2, 0.25) is 0 Å². The first-order valence-electron chi connectivity index (χ1n) is 5.92. The minimum absolute atomic E-state index is 0.0261. The predicted molar refractivity (Wildman–Crippen MR) is 73.2 cm³/mol. The van der Waals surface area contributed by atoms with Crippen LogP contribution in [0.4, 0.5) is 4.39 Å². The summed E-state index contributed by atoms with van der Waals surface area (Å²) >= 11 is 1.19. The molecule has 3 N–H and O–H groups in total. The average Bonchev–Trinajstić information content (AvgIpc) is 2.87. The second kappa shape index (κ2) is 6.31. The zero-order valence-corrected chi connectivity index (χ0v) is 11.5. The molecule has 0 aliphatic rings. The van der Waals surface area contributed by atoms with Gasteiger partial charge in [0.05, 0.1) is 10.6 Å². The number of carbonyl (C=O) groups excluding carboxylic acids is 1. The Morgan fingerprint density at radius 2 is 2.14 bits per heavy atom. The number of nitrogens with one attached hydrogen (secondary N) is 1. The van der Waals surface area contributed by atoms with Gasteiger partial charge in [-0.05, 0) is 12.1 Å². The molecule has 2 rings (SSSR count). The van der Waals surface area contributed by atoms with Crippen LogP contribution in [-0.4, -0.2) is 33.6 Å². The van der Waals surface area contributed by atoms with Gasteiger partial charge in [0.15, 0.2) is 5.69 Å². The monoisotopic (exact) mass is 310 g/mol. The number of hydrogen-bond acceptors (Lipinski definition) is 5. The van der Waals surface area contributed by atoms with Gasteiger partial charge < -0.3 is 15.5 Å². The molecule has 2 aromatic rings. The van der Waals surface area contributed by atoms with Gasteiger partial charge in [0.1, 0.15) is 11.6 Å². The van der Waals surface area contributed by atoms with Crippen molar-refractivity contribution in [1.29, 1.82) is 0 Å². The van der Waals surface area contributed by atoms with E-state index in [2.05, 4.69) is 10.3 Å². The minimum Gasteiger partial charge on any atom is -0.507 e. The Morgan fingerprint density at radius 1 is 1.38 bits per heavy atom. The molecule has 0 aliphatic carbocycles. The van der Waals surface area contributed by atoms with Crippen molar-refractivity contribution in [2.75, 3.05) is 6.54 Å². The number of carboxylic acids is 1. The molecule has 21 heavy (non-hydrogen) atoms. The molecule has 0 atom stereocenters. The van der Waals surface area contributed by atoms with Crippen molar-refractivity contribution in [3.63, 3.8) is 0 Å².